The first kappa shape index (κ1) is 12.5. The highest BCUT2D eigenvalue weighted by Crippen LogP contribution is 2.33. The smallest absolute Gasteiger partial charge is 0.224 e. The van der Waals surface area contributed by atoms with E-state index in [0.717, 1.165) is 4.91 Å². The van der Waals surface area contributed by atoms with Gasteiger partial charge in [0.2, 0.25) is 5.91 Å². The highest BCUT2D eigenvalue weighted by molar-refractivity contribution is 8.02. The number of carbonyl (C=O) groups is 1. The number of halogens is 2. The van der Waals surface area contributed by atoms with Crippen molar-refractivity contribution < 1.29 is 9.18 Å². The number of carbonyl (C=O) groups excluding carboxylic acids is 1. The van der Waals surface area contributed by atoms with Gasteiger partial charge in [0.15, 0.2) is 0 Å². The summed E-state index contributed by atoms with van der Waals surface area (Å²) in [6, 6.07) is 4.18. The molecule has 0 saturated carbocycles. The van der Waals surface area contributed by atoms with E-state index in [-0.39, 0.29) is 11.7 Å². The van der Waals surface area contributed by atoms with Gasteiger partial charge >= 0.3 is 0 Å². The van der Waals surface area contributed by atoms with Gasteiger partial charge in [0.1, 0.15) is 5.82 Å². The quantitative estimate of drug-likeness (QED) is 0.893. The van der Waals surface area contributed by atoms with Crippen LogP contribution in [0.25, 0.3) is 5.70 Å². The maximum atomic E-state index is 13.0. The van der Waals surface area contributed by atoms with Crippen molar-refractivity contribution in [1.29, 1.82) is 0 Å². The van der Waals surface area contributed by atoms with E-state index < -0.39 is 0 Å². The highest BCUT2D eigenvalue weighted by Gasteiger charge is 2.20. The van der Waals surface area contributed by atoms with Gasteiger partial charge in [-0.2, -0.15) is 0 Å². The van der Waals surface area contributed by atoms with Crippen molar-refractivity contribution in [1.82, 2.24) is 5.32 Å². The summed E-state index contributed by atoms with van der Waals surface area (Å²) >= 11 is 7.57. The summed E-state index contributed by atoms with van der Waals surface area (Å²) in [4.78, 5) is 12.5. The molecular formula is C12H11ClFNOS. The Morgan fingerprint density at radius 1 is 1.41 bits per heavy atom. The summed E-state index contributed by atoms with van der Waals surface area (Å²) < 4.78 is 13.0. The molecule has 0 fully saturated rings. The Morgan fingerprint density at radius 3 is 2.82 bits per heavy atom. The van der Waals surface area contributed by atoms with Crippen molar-refractivity contribution in [2.45, 2.75) is 12.8 Å². The Bertz CT molecular complexity index is 501. The Labute approximate surface area is 108 Å². The van der Waals surface area contributed by atoms with Crippen LogP contribution in [0.5, 0.6) is 0 Å². The highest BCUT2D eigenvalue weighted by atomic mass is 35.5. The van der Waals surface area contributed by atoms with E-state index in [0.29, 0.717) is 29.1 Å². The lowest BCUT2D eigenvalue weighted by molar-refractivity contribution is -0.120. The Kier molecular flexibility index (Phi) is 3.74. The van der Waals surface area contributed by atoms with Crippen LogP contribution in [0.4, 0.5) is 4.39 Å². The van der Waals surface area contributed by atoms with Crippen LogP contribution in [-0.2, 0) is 4.79 Å². The van der Waals surface area contributed by atoms with Gasteiger partial charge in [-0.25, -0.2) is 4.39 Å². The second kappa shape index (κ2) is 5.10. The Morgan fingerprint density at radius 2 is 2.18 bits per heavy atom. The maximum Gasteiger partial charge on any atom is 0.224 e. The third-order valence-corrected chi connectivity index (χ3v) is 3.78. The summed E-state index contributed by atoms with van der Waals surface area (Å²) in [6.07, 6.45) is 3.14. The van der Waals surface area contributed by atoms with E-state index in [9.17, 15) is 9.18 Å². The zero-order chi connectivity index (χ0) is 12.4. The third-order valence-electron chi connectivity index (χ3n) is 2.57. The molecule has 1 aliphatic heterocycles. The molecule has 2 rings (SSSR count). The van der Waals surface area contributed by atoms with Crippen LogP contribution in [0.3, 0.4) is 0 Å². The maximum absolute atomic E-state index is 13.0. The summed E-state index contributed by atoms with van der Waals surface area (Å²) in [7, 11) is 0. The van der Waals surface area contributed by atoms with Gasteiger partial charge in [0.25, 0.3) is 0 Å². The molecule has 1 N–H and O–H groups in total. The molecule has 0 spiro atoms. The lowest BCUT2D eigenvalue weighted by Gasteiger charge is -2.20. The van der Waals surface area contributed by atoms with Crippen LogP contribution in [0, 0.1) is 5.82 Å². The normalized spacial score (nSPS) is 16.1. The van der Waals surface area contributed by atoms with Crippen LogP contribution in [0.2, 0.25) is 5.02 Å². The van der Waals surface area contributed by atoms with E-state index >= 15 is 0 Å². The summed E-state index contributed by atoms with van der Waals surface area (Å²) in [5.41, 5.74) is 1.38. The van der Waals surface area contributed by atoms with Gasteiger partial charge in [-0.1, -0.05) is 11.6 Å². The average molecular weight is 272 g/mol. The minimum atomic E-state index is -0.382. The van der Waals surface area contributed by atoms with Gasteiger partial charge in [0, 0.05) is 16.9 Å². The topological polar surface area (TPSA) is 29.1 Å². The molecule has 1 heterocycles. The molecule has 0 aromatic heterocycles. The Balaban J connectivity index is 2.49. The fourth-order valence-electron chi connectivity index (χ4n) is 1.74. The van der Waals surface area contributed by atoms with Crippen LogP contribution in [-0.4, -0.2) is 12.2 Å². The van der Waals surface area contributed by atoms with Gasteiger partial charge in [-0.05, 0) is 30.9 Å². The van der Waals surface area contributed by atoms with E-state index in [4.69, 9.17) is 11.6 Å². The SMILES string of the molecule is CSC1=C(c2ccc(F)cc2Cl)NC(=O)CC1. The van der Waals surface area contributed by atoms with Crippen molar-refractivity contribution in [3.8, 4) is 0 Å². The monoisotopic (exact) mass is 271 g/mol. The minimum Gasteiger partial charge on any atom is -0.325 e. The van der Waals surface area contributed by atoms with Crippen molar-refractivity contribution in [2.24, 2.45) is 0 Å². The van der Waals surface area contributed by atoms with Crippen LogP contribution < -0.4 is 5.32 Å². The number of hydrogen-bond acceptors (Lipinski definition) is 2. The lowest BCUT2D eigenvalue weighted by atomic mass is 10.1. The molecule has 1 aromatic carbocycles. The zero-order valence-electron chi connectivity index (χ0n) is 9.22. The first-order chi connectivity index (χ1) is 8.11. The standard InChI is InChI=1S/C12H11ClFNOS/c1-17-10-4-5-11(16)15-12(10)8-3-2-7(14)6-9(8)13/h2-3,6H,4-5H2,1H3,(H,15,16). The summed E-state index contributed by atoms with van der Waals surface area (Å²) in [5.74, 6) is -0.412. The minimum absolute atomic E-state index is 0.0295. The molecule has 0 atom stereocenters. The number of rotatable bonds is 2. The summed E-state index contributed by atoms with van der Waals surface area (Å²) in [6.45, 7) is 0. The van der Waals surface area contributed by atoms with Gasteiger partial charge in [0.05, 0.1) is 10.7 Å². The fraction of sp³-hybridized carbons (Fsp3) is 0.250. The number of nitrogens with one attached hydrogen (secondary N) is 1. The first-order valence-corrected chi connectivity index (χ1v) is 6.74. The third kappa shape index (κ3) is 2.64. The Hall–Kier alpha value is -1.00. The fourth-order valence-corrected chi connectivity index (χ4v) is 2.67. The van der Waals surface area contributed by atoms with Crippen LogP contribution in [0.15, 0.2) is 23.1 Å². The van der Waals surface area contributed by atoms with E-state index in [1.807, 2.05) is 6.26 Å². The molecule has 90 valence electrons. The van der Waals surface area contributed by atoms with Crippen molar-refractivity contribution in [2.75, 3.05) is 6.26 Å². The molecule has 1 aromatic rings. The number of hydrogen-bond donors (Lipinski definition) is 1. The second-order valence-corrected chi connectivity index (χ2v) is 4.98. The molecule has 5 heteroatoms. The molecule has 2 nitrogen and oxygen atoms in total. The molecular weight excluding hydrogens is 261 g/mol. The molecule has 0 bridgehead atoms. The lowest BCUT2D eigenvalue weighted by Crippen LogP contribution is -2.26. The van der Waals surface area contributed by atoms with Crippen molar-refractivity contribution in [3.63, 3.8) is 0 Å². The number of thioether (sulfide) groups is 1. The molecule has 1 aliphatic rings. The molecule has 17 heavy (non-hydrogen) atoms. The van der Waals surface area contributed by atoms with E-state index in [2.05, 4.69) is 5.32 Å². The van der Waals surface area contributed by atoms with Crippen molar-refractivity contribution >= 4 is 35.0 Å². The van der Waals surface area contributed by atoms with Gasteiger partial charge in [-0.15, -0.1) is 11.8 Å². The number of benzene rings is 1. The number of allylic oxidation sites excluding steroid dienone is 1. The first-order valence-electron chi connectivity index (χ1n) is 5.14. The van der Waals surface area contributed by atoms with E-state index in [1.165, 1.54) is 12.1 Å². The largest absolute Gasteiger partial charge is 0.325 e. The van der Waals surface area contributed by atoms with Gasteiger partial charge < -0.3 is 5.32 Å². The molecule has 0 aliphatic carbocycles. The number of amides is 1. The molecule has 0 saturated heterocycles. The predicted molar refractivity (Wildman–Crippen MR) is 69.2 cm³/mol. The van der Waals surface area contributed by atoms with Crippen molar-refractivity contribution in [3.05, 3.63) is 39.5 Å². The molecule has 1 amide bonds. The zero-order valence-corrected chi connectivity index (χ0v) is 10.8. The summed E-state index contributed by atoms with van der Waals surface area (Å²) in [5, 5.41) is 3.12. The van der Waals surface area contributed by atoms with E-state index in [1.54, 1.807) is 17.8 Å². The predicted octanol–water partition coefficient (Wildman–Crippen LogP) is 3.42. The average Bonchev–Trinajstić information content (AvgIpc) is 2.29. The second-order valence-electron chi connectivity index (χ2n) is 3.67. The van der Waals surface area contributed by atoms with Crippen LogP contribution >= 0.6 is 23.4 Å². The van der Waals surface area contributed by atoms with Crippen LogP contribution in [0.1, 0.15) is 18.4 Å². The molecule has 0 unspecified atom stereocenters. The molecule has 0 radical (unpaired) electrons. The van der Waals surface area contributed by atoms with Gasteiger partial charge in [-0.3, -0.25) is 4.79 Å².